The van der Waals surface area contributed by atoms with Crippen molar-refractivity contribution in [3.63, 3.8) is 0 Å². The summed E-state index contributed by atoms with van der Waals surface area (Å²) >= 11 is 0.293. The van der Waals surface area contributed by atoms with E-state index in [4.69, 9.17) is 0 Å². The van der Waals surface area contributed by atoms with Crippen LogP contribution in [0.4, 0.5) is 0 Å². The molecule has 2 atom stereocenters. The number of hydrogen-bond acceptors (Lipinski definition) is 4. The Balaban J connectivity index is 2.28. The lowest BCUT2D eigenvalue weighted by atomic mass is 10.0. The second-order valence-electron chi connectivity index (χ2n) is 6.25. The van der Waals surface area contributed by atoms with Crippen molar-refractivity contribution in [2.75, 3.05) is 0 Å². The van der Waals surface area contributed by atoms with Crippen molar-refractivity contribution in [3.05, 3.63) is 47.3 Å². The van der Waals surface area contributed by atoms with Gasteiger partial charge in [0.1, 0.15) is 4.75 Å². The average Bonchev–Trinajstić information content (AvgIpc) is 2.99. The van der Waals surface area contributed by atoms with Crippen LogP contribution >= 0.6 is 11.3 Å². The van der Waals surface area contributed by atoms with Crippen LogP contribution in [-0.2, 0) is 16.2 Å². The zero-order valence-corrected chi connectivity index (χ0v) is 15.0. The molecule has 2 rings (SSSR count). The van der Waals surface area contributed by atoms with E-state index < -0.39 is 28.1 Å². The second kappa shape index (κ2) is 7.49. The van der Waals surface area contributed by atoms with Gasteiger partial charge in [0.15, 0.2) is 0 Å². The fourth-order valence-electron chi connectivity index (χ4n) is 2.06. The van der Waals surface area contributed by atoms with E-state index in [0.717, 1.165) is 16.0 Å². The van der Waals surface area contributed by atoms with Crippen LogP contribution in [0.15, 0.2) is 41.8 Å². The Kier molecular flexibility index (Phi) is 5.86. The molecule has 0 saturated heterocycles. The molecule has 2 unspecified atom stereocenters. The number of carboxylic acids is 1. The predicted octanol–water partition coefficient (Wildman–Crippen LogP) is 3.98. The number of rotatable bonds is 6. The molecular formula is C17H21NO3S2. The van der Waals surface area contributed by atoms with Crippen LogP contribution in [0.25, 0.3) is 10.4 Å². The summed E-state index contributed by atoms with van der Waals surface area (Å²) in [5, 5.41) is 11.2. The lowest BCUT2D eigenvalue weighted by molar-refractivity contribution is -0.137. The maximum atomic E-state index is 12.4. The molecule has 0 aliphatic carbocycles. The summed E-state index contributed by atoms with van der Waals surface area (Å²) in [5.74, 6) is -0.921. The summed E-state index contributed by atoms with van der Waals surface area (Å²) in [5.41, 5.74) is 1.87. The summed E-state index contributed by atoms with van der Waals surface area (Å²) in [7, 11) is 0. The summed E-state index contributed by atoms with van der Waals surface area (Å²) in [4.78, 5) is 12.3. The lowest BCUT2D eigenvalue weighted by Gasteiger charge is -2.27. The highest BCUT2D eigenvalue weighted by atomic mass is 32.2. The number of carbonyl (C=O) groups is 1. The molecule has 0 fully saturated rings. The summed E-state index contributed by atoms with van der Waals surface area (Å²) in [6.45, 7) is 5.57. The Morgan fingerprint density at radius 1 is 1.35 bits per heavy atom. The second-order valence-corrected chi connectivity index (χ2v) is 9.20. The highest BCUT2D eigenvalue weighted by Gasteiger charge is 2.30. The molecule has 0 spiro atoms. The smallest absolute Gasteiger partial charge is 0.305 e. The van der Waals surface area contributed by atoms with Gasteiger partial charge in [-0.05, 0) is 49.4 Å². The van der Waals surface area contributed by atoms with Crippen LogP contribution in [0.5, 0.6) is 0 Å². The molecule has 0 bridgehead atoms. The van der Waals surface area contributed by atoms with Gasteiger partial charge in [0.05, 0.1) is 12.5 Å². The number of nitrogens with one attached hydrogen (secondary N) is 1. The minimum atomic E-state index is -1.34. The maximum absolute atomic E-state index is 12.4. The minimum Gasteiger partial charge on any atom is -0.598 e. The third kappa shape index (κ3) is 5.07. The van der Waals surface area contributed by atoms with Crippen molar-refractivity contribution in [2.45, 2.75) is 38.0 Å². The average molecular weight is 351 g/mol. The summed E-state index contributed by atoms with van der Waals surface area (Å²) < 4.78 is 14.9. The molecule has 124 valence electrons. The van der Waals surface area contributed by atoms with Crippen LogP contribution in [0, 0.1) is 0 Å². The SMILES string of the molecule is CC(C)(C)[S+]([O-])NC(CC(=O)O)c1cccc(-c2cccs2)c1. The first kappa shape index (κ1) is 18.0. The quantitative estimate of drug-likeness (QED) is 0.772. The van der Waals surface area contributed by atoms with Gasteiger partial charge in [0, 0.05) is 16.2 Å². The van der Waals surface area contributed by atoms with Crippen LogP contribution in [-0.4, -0.2) is 20.4 Å². The minimum absolute atomic E-state index is 0.115. The largest absolute Gasteiger partial charge is 0.598 e. The zero-order chi connectivity index (χ0) is 17.0. The van der Waals surface area contributed by atoms with Gasteiger partial charge in [-0.25, -0.2) is 0 Å². The first-order valence-electron chi connectivity index (χ1n) is 7.31. The van der Waals surface area contributed by atoms with Gasteiger partial charge in [-0.2, -0.15) is 0 Å². The normalized spacial score (nSPS) is 14.4. The van der Waals surface area contributed by atoms with E-state index in [1.807, 2.05) is 62.5 Å². The highest BCUT2D eigenvalue weighted by Crippen LogP contribution is 2.29. The number of carboxylic acid groups (broad SMARTS) is 1. The highest BCUT2D eigenvalue weighted by molar-refractivity contribution is 7.90. The van der Waals surface area contributed by atoms with Gasteiger partial charge < -0.3 is 9.66 Å². The van der Waals surface area contributed by atoms with Crippen molar-refractivity contribution in [1.29, 1.82) is 0 Å². The van der Waals surface area contributed by atoms with Crippen molar-refractivity contribution in [3.8, 4) is 10.4 Å². The molecule has 1 aromatic carbocycles. The van der Waals surface area contributed by atoms with Crippen molar-refractivity contribution >= 4 is 28.7 Å². The molecule has 0 saturated carbocycles. The molecule has 2 aromatic rings. The van der Waals surface area contributed by atoms with Crippen LogP contribution in [0.2, 0.25) is 0 Å². The Morgan fingerprint density at radius 3 is 2.65 bits per heavy atom. The first-order valence-corrected chi connectivity index (χ1v) is 9.34. The van der Waals surface area contributed by atoms with Crippen LogP contribution < -0.4 is 4.72 Å². The Hall–Kier alpha value is -1.34. The van der Waals surface area contributed by atoms with E-state index in [1.54, 1.807) is 11.3 Å². The van der Waals surface area contributed by atoms with Crippen LogP contribution in [0.1, 0.15) is 38.8 Å². The van der Waals surface area contributed by atoms with Crippen molar-refractivity contribution in [2.24, 2.45) is 0 Å². The molecule has 0 amide bonds. The van der Waals surface area contributed by atoms with Gasteiger partial charge in [0.2, 0.25) is 0 Å². The van der Waals surface area contributed by atoms with E-state index in [-0.39, 0.29) is 6.42 Å². The van der Waals surface area contributed by atoms with Crippen LogP contribution in [0.3, 0.4) is 0 Å². The zero-order valence-electron chi connectivity index (χ0n) is 13.4. The maximum Gasteiger partial charge on any atom is 0.305 e. The Morgan fingerprint density at radius 2 is 2.09 bits per heavy atom. The predicted molar refractivity (Wildman–Crippen MR) is 95.8 cm³/mol. The molecule has 4 nitrogen and oxygen atoms in total. The van der Waals surface area contributed by atoms with Gasteiger partial charge >= 0.3 is 5.97 Å². The molecular weight excluding hydrogens is 330 g/mol. The van der Waals surface area contributed by atoms with Gasteiger partial charge in [0.25, 0.3) is 0 Å². The number of aliphatic carboxylic acids is 1. The molecule has 1 heterocycles. The molecule has 1 aromatic heterocycles. The molecule has 0 aliphatic heterocycles. The van der Waals surface area contributed by atoms with E-state index in [9.17, 15) is 14.5 Å². The molecule has 0 aliphatic rings. The van der Waals surface area contributed by atoms with Gasteiger partial charge in [-0.1, -0.05) is 24.3 Å². The number of thiophene rings is 1. The molecule has 0 radical (unpaired) electrons. The fourth-order valence-corrected chi connectivity index (χ4v) is 3.61. The Labute approximate surface area is 143 Å². The third-order valence-electron chi connectivity index (χ3n) is 3.28. The fraction of sp³-hybridized carbons (Fsp3) is 0.353. The van der Waals surface area contributed by atoms with Gasteiger partial charge in [-0.3, -0.25) is 4.79 Å². The molecule has 23 heavy (non-hydrogen) atoms. The van der Waals surface area contributed by atoms with E-state index in [1.165, 1.54) is 0 Å². The monoisotopic (exact) mass is 351 g/mol. The van der Waals surface area contributed by atoms with Gasteiger partial charge in [-0.15, -0.1) is 16.1 Å². The van der Waals surface area contributed by atoms with E-state index >= 15 is 0 Å². The standard InChI is InChI=1S/C17H21NO3S2/c1-17(2,3)23(21)18-14(11-16(19)20)12-6-4-7-13(10-12)15-8-5-9-22-15/h4-10,14,18H,11H2,1-3H3,(H,19,20). The topological polar surface area (TPSA) is 72.4 Å². The molecule has 6 heteroatoms. The third-order valence-corrected chi connectivity index (χ3v) is 5.81. The van der Waals surface area contributed by atoms with Crippen molar-refractivity contribution < 1.29 is 14.5 Å². The first-order chi connectivity index (χ1) is 10.8. The molecule has 2 N–H and O–H groups in total. The lowest BCUT2D eigenvalue weighted by Crippen LogP contribution is -2.41. The Bertz CT molecular complexity index is 650. The summed E-state index contributed by atoms with van der Waals surface area (Å²) in [6, 6.07) is 11.2. The van der Waals surface area contributed by atoms with E-state index in [2.05, 4.69) is 4.72 Å². The van der Waals surface area contributed by atoms with Crippen molar-refractivity contribution in [1.82, 2.24) is 4.72 Å². The number of benzene rings is 1. The summed E-state index contributed by atoms with van der Waals surface area (Å²) in [6.07, 6.45) is -0.115. The number of hydrogen-bond donors (Lipinski definition) is 2. The van der Waals surface area contributed by atoms with E-state index in [0.29, 0.717) is 0 Å².